The van der Waals surface area contributed by atoms with Crippen LogP contribution in [0.5, 0.6) is 5.75 Å². The summed E-state index contributed by atoms with van der Waals surface area (Å²) in [6.45, 7) is 6.43. The van der Waals surface area contributed by atoms with Crippen LogP contribution in [0.15, 0.2) is 59.1 Å². The maximum Gasteiger partial charge on any atom is 0.259 e. The van der Waals surface area contributed by atoms with Crippen molar-refractivity contribution < 1.29 is 14.1 Å². The number of carbonyl (C=O) groups excluding carboxylic acids is 1. The number of anilines is 1. The zero-order chi connectivity index (χ0) is 24.4. The molecule has 0 bridgehead atoms. The number of piperazine rings is 1. The SMILES string of the molecule is COc1ccc(-c2cc(C(=O)NCc3ccc(N4CCN(C)CC4)cc3)c3c(C)noc3n2)cc1. The van der Waals surface area contributed by atoms with Gasteiger partial charge in [0.2, 0.25) is 0 Å². The molecule has 2 aromatic carbocycles. The van der Waals surface area contributed by atoms with Crippen LogP contribution < -0.4 is 15.0 Å². The van der Waals surface area contributed by atoms with Gasteiger partial charge in [-0.1, -0.05) is 17.3 Å². The Morgan fingerprint density at radius 1 is 1.06 bits per heavy atom. The number of carbonyl (C=O) groups is 1. The molecule has 8 heteroatoms. The Kier molecular flexibility index (Phi) is 6.37. The number of methoxy groups -OCH3 is 1. The number of hydrogen-bond acceptors (Lipinski definition) is 7. The van der Waals surface area contributed by atoms with Crippen molar-refractivity contribution in [1.29, 1.82) is 0 Å². The molecule has 0 atom stereocenters. The number of pyridine rings is 1. The summed E-state index contributed by atoms with van der Waals surface area (Å²) in [4.78, 5) is 22.6. The molecule has 1 amide bonds. The molecule has 3 heterocycles. The van der Waals surface area contributed by atoms with Gasteiger partial charge in [-0.05, 0) is 62.0 Å². The van der Waals surface area contributed by atoms with Crippen LogP contribution in [0.25, 0.3) is 22.4 Å². The zero-order valence-electron chi connectivity index (χ0n) is 20.2. The molecule has 1 saturated heterocycles. The predicted octanol–water partition coefficient (Wildman–Crippen LogP) is 3.89. The van der Waals surface area contributed by atoms with Gasteiger partial charge in [0.05, 0.1) is 29.4 Å². The fourth-order valence-corrected chi connectivity index (χ4v) is 4.35. The van der Waals surface area contributed by atoms with Gasteiger partial charge in [-0.2, -0.15) is 0 Å². The molecule has 0 aliphatic carbocycles. The second-order valence-electron chi connectivity index (χ2n) is 8.87. The quantitative estimate of drug-likeness (QED) is 0.457. The molecule has 0 saturated carbocycles. The third-order valence-corrected chi connectivity index (χ3v) is 6.51. The van der Waals surface area contributed by atoms with Crippen molar-refractivity contribution >= 4 is 22.7 Å². The van der Waals surface area contributed by atoms with Crippen molar-refractivity contribution in [3.63, 3.8) is 0 Å². The summed E-state index contributed by atoms with van der Waals surface area (Å²) in [6, 6.07) is 17.7. The number of aromatic nitrogens is 2. The van der Waals surface area contributed by atoms with E-state index in [1.807, 2.05) is 31.2 Å². The number of fused-ring (bicyclic) bond motifs is 1. The Morgan fingerprint density at radius 2 is 1.77 bits per heavy atom. The van der Waals surface area contributed by atoms with E-state index in [0.717, 1.165) is 43.1 Å². The molecule has 0 spiro atoms. The van der Waals surface area contributed by atoms with Crippen LogP contribution in [0.1, 0.15) is 21.6 Å². The maximum absolute atomic E-state index is 13.3. The highest BCUT2D eigenvalue weighted by atomic mass is 16.5. The van der Waals surface area contributed by atoms with Gasteiger partial charge in [-0.3, -0.25) is 4.79 Å². The molecule has 1 aliphatic heterocycles. The Morgan fingerprint density at radius 3 is 2.46 bits per heavy atom. The molecule has 0 unspecified atom stereocenters. The molecule has 8 nitrogen and oxygen atoms in total. The molecule has 4 aromatic rings. The summed E-state index contributed by atoms with van der Waals surface area (Å²) in [7, 11) is 3.78. The lowest BCUT2D eigenvalue weighted by Gasteiger charge is -2.34. The summed E-state index contributed by atoms with van der Waals surface area (Å²) in [6.07, 6.45) is 0. The number of hydrogen-bond donors (Lipinski definition) is 1. The van der Waals surface area contributed by atoms with Crippen LogP contribution in [-0.4, -0.2) is 61.3 Å². The Bertz CT molecular complexity index is 1320. The Balaban J connectivity index is 1.34. The summed E-state index contributed by atoms with van der Waals surface area (Å²) < 4.78 is 10.7. The first-order valence-corrected chi connectivity index (χ1v) is 11.7. The van der Waals surface area contributed by atoms with Gasteiger partial charge in [-0.15, -0.1) is 0 Å². The molecule has 5 rings (SSSR count). The molecular weight excluding hydrogens is 442 g/mol. The first-order chi connectivity index (χ1) is 17.0. The summed E-state index contributed by atoms with van der Waals surface area (Å²) in [5.41, 5.74) is 5.22. The van der Waals surface area contributed by atoms with Crippen LogP contribution in [0.2, 0.25) is 0 Å². The Hall–Kier alpha value is -3.91. The minimum atomic E-state index is -0.193. The molecule has 35 heavy (non-hydrogen) atoms. The minimum absolute atomic E-state index is 0.193. The van der Waals surface area contributed by atoms with Gasteiger partial charge in [0.25, 0.3) is 11.6 Å². The highest BCUT2D eigenvalue weighted by molar-refractivity contribution is 6.07. The lowest BCUT2D eigenvalue weighted by Crippen LogP contribution is -2.44. The van der Waals surface area contributed by atoms with Crippen molar-refractivity contribution in [3.8, 4) is 17.0 Å². The van der Waals surface area contributed by atoms with Gasteiger partial charge in [0, 0.05) is 44.0 Å². The van der Waals surface area contributed by atoms with Crippen LogP contribution in [0.4, 0.5) is 5.69 Å². The van der Waals surface area contributed by atoms with Crippen LogP contribution >= 0.6 is 0 Å². The smallest absolute Gasteiger partial charge is 0.259 e. The van der Waals surface area contributed by atoms with Gasteiger partial charge >= 0.3 is 0 Å². The fourth-order valence-electron chi connectivity index (χ4n) is 4.35. The average molecular weight is 472 g/mol. The van der Waals surface area contributed by atoms with Crippen molar-refractivity contribution in [2.45, 2.75) is 13.5 Å². The standard InChI is InChI=1S/C27H29N5O3/c1-18-25-23(16-24(29-27(25)35-30-18)20-6-10-22(34-3)11-7-20)26(33)28-17-19-4-8-21(9-5-19)32-14-12-31(2)13-15-32/h4-11,16H,12-15,17H2,1-3H3,(H,28,33). The monoisotopic (exact) mass is 471 g/mol. The molecule has 1 N–H and O–H groups in total. The fraction of sp³-hybridized carbons (Fsp3) is 0.296. The number of nitrogens with zero attached hydrogens (tertiary/aromatic N) is 4. The summed E-state index contributed by atoms with van der Waals surface area (Å²) >= 11 is 0. The van der Waals surface area contributed by atoms with Gasteiger partial charge in [-0.25, -0.2) is 4.98 Å². The number of aryl methyl sites for hydroxylation is 1. The highest BCUT2D eigenvalue weighted by Crippen LogP contribution is 2.28. The van der Waals surface area contributed by atoms with E-state index in [9.17, 15) is 4.79 Å². The number of nitrogens with one attached hydrogen (secondary N) is 1. The second-order valence-corrected chi connectivity index (χ2v) is 8.87. The molecular formula is C27H29N5O3. The van der Waals surface area contributed by atoms with Crippen molar-refractivity contribution in [1.82, 2.24) is 20.4 Å². The third kappa shape index (κ3) is 4.83. The van der Waals surface area contributed by atoms with E-state index in [1.165, 1.54) is 5.69 Å². The highest BCUT2D eigenvalue weighted by Gasteiger charge is 2.20. The molecule has 1 aliphatic rings. The van der Waals surface area contributed by atoms with E-state index in [2.05, 4.69) is 56.6 Å². The lowest BCUT2D eigenvalue weighted by molar-refractivity contribution is 0.0952. The van der Waals surface area contributed by atoms with E-state index >= 15 is 0 Å². The number of rotatable bonds is 6. The molecule has 1 fully saturated rings. The number of benzene rings is 2. The Labute approximate surface area is 204 Å². The number of amides is 1. The van der Waals surface area contributed by atoms with Crippen molar-refractivity contribution in [2.24, 2.45) is 0 Å². The van der Waals surface area contributed by atoms with E-state index in [0.29, 0.717) is 34.6 Å². The van der Waals surface area contributed by atoms with Crippen molar-refractivity contribution in [3.05, 3.63) is 71.4 Å². The second kappa shape index (κ2) is 9.76. The first-order valence-electron chi connectivity index (χ1n) is 11.7. The van der Waals surface area contributed by atoms with Gasteiger partial charge < -0.3 is 24.4 Å². The maximum atomic E-state index is 13.3. The lowest BCUT2D eigenvalue weighted by atomic mass is 10.0. The van der Waals surface area contributed by atoms with Crippen LogP contribution in [0.3, 0.4) is 0 Å². The third-order valence-electron chi connectivity index (χ3n) is 6.51. The van der Waals surface area contributed by atoms with Crippen LogP contribution in [0, 0.1) is 6.92 Å². The predicted molar refractivity (Wildman–Crippen MR) is 136 cm³/mol. The minimum Gasteiger partial charge on any atom is -0.497 e. The molecule has 180 valence electrons. The summed E-state index contributed by atoms with van der Waals surface area (Å²) in [5, 5.41) is 7.71. The normalized spacial score (nSPS) is 14.3. The topological polar surface area (TPSA) is 83.7 Å². The van der Waals surface area contributed by atoms with Crippen molar-refractivity contribution in [2.75, 3.05) is 45.2 Å². The van der Waals surface area contributed by atoms with E-state index in [1.54, 1.807) is 13.2 Å². The number of likely N-dealkylation sites (N-methyl/N-ethyl adjacent to an activating group) is 1. The van der Waals surface area contributed by atoms with Gasteiger partial charge in [0.15, 0.2) is 0 Å². The molecule has 0 radical (unpaired) electrons. The zero-order valence-corrected chi connectivity index (χ0v) is 20.2. The van der Waals surface area contributed by atoms with Gasteiger partial charge in [0.1, 0.15) is 5.75 Å². The largest absolute Gasteiger partial charge is 0.497 e. The first kappa shape index (κ1) is 22.9. The van der Waals surface area contributed by atoms with E-state index in [4.69, 9.17) is 9.26 Å². The van der Waals surface area contributed by atoms with E-state index in [-0.39, 0.29) is 5.91 Å². The van der Waals surface area contributed by atoms with Crippen LogP contribution in [-0.2, 0) is 6.54 Å². The molecule has 2 aromatic heterocycles. The average Bonchev–Trinajstić information content (AvgIpc) is 3.28. The summed E-state index contributed by atoms with van der Waals surface area (Å²) in [5.74, 6) is 0.559. The number of ether oxygens (including phenoxy) is 1. The van der Waals surface area contributed by atoms with E-state index < -0.39 is 0 Å².